The Labute approximate surface area is 190 Å². The largest absolute Gasteiger partial charge is 0.418 e. The maximum atomic E-state index is 13.5. The Morgan fingerprint density at radius 1 is 1.09 bits per heavy atom. The van der Waals surface area contributed by atoms with E-state index in [0.717, 1.165) is 28.1 Å². The summed E-state index contributed by atoms with van der Waals surface area (Å²) in [5, 5.41) is 19.4. The van der Waals surface area contributed by atoms with Gasteiger partial charge in [-0.05, 0) is 40.1 Å². The summed E-state index contributed by atoms with van der Waals surface area (Å²) in [5.41, 5.74) is 0.00597. The summed E-state index contributed by atoms with van der Waals surface area (Å²) in [6, 6.07) is 13.4. The third kappa shape index (κ3) is 5.10. The highest BCUT2D eigenvalue weighted by atomic mass is 35.5. The number of alkyl halides is 3. The highest BCUT2D eigenvalue weighted by molar-refractivity contribution is 7.98. The van der Waals surface area contributed by atoms with Crippen LogP contribution in [0.4, 0.5) is 13.2 Å². The van der Waals surface area contributed by atoms with E-state index in [4.69, 9.17) is 16.0 Å². The van der Waals surface area contributed by atoms with Crippen molar-refractivity contribution in [2.75, 3.05) is 0 Å². The van der Waals surface area contributed by atoms with Gasteiger partial charge in [0.15, 0.2) is 5.82 Å². The molecule has 0 aliphatic heterocycles. The van der Waals surface area contributed by atoms with Crippen LogP contribution in [0.3, 0.4) is 0 Å². The Kier molecular flexibility index (Phi) is 6.47. The minimum absolute atomic E-state index is 0.0341. The second-order valence-electron chi connectivity index (χ2n) is 6.93. The summed E-state index contributed by atoms with van der Waals surface area (Å²) < 4.78 is 47.1. The van der Waals surface area contributed by atoms with E-state index in [1.54, 1.807) is 0 Å². The van der Waals surface area contributed by atoms with Gasteiger partial charge in [0, 0.05) is 11.4 Å². The van der Waals surface area contributed by atoms with Gasteiger partial charge in [0.2, 0.25) is 5.89 Å². The number of hydrogen-bond donors (Lipinski definition) is 0. The van der Waals surface area contributed by atoms with Gasteiger partial charge >= 0.3 is 6.18 Å². The SMILES string of the molecule is CC(Cc1nnc(SCc2nnnn2-c2ccc(Cl)cc2C(F)(F)F)o1)c1ccccc1. The molecular weight excluding hydrogens is 465 g/mol. The summed E-state index contributed by atoms with van der Waals surface area (Å²) in [7, 11) is 0. The standard InChI is InChI=1S/C20H16ClF3N6OS/c1-12(13-5-3-2-4-6-13)9-18-26-27-19(31-18)32-11-17-25-28-29-30(17)16-8-7-14(21)10-15(16)20(22,23)24/h2-8,10,12H,9,11H2,1H3. The van der Waals surface area contributed by atoms with Gasteiger partial charge in [-0.25, -0.2) is 0 Å². The molecule has 2 heterocycles. The molecule has 0 saturated heterocycles. The van der Waals surface area contributed by atoms with Crippen LogP contribution in [0.2, 0.25) is 5.02 Å². The van der Waals surface area contributed by atoms with E-state index in [1.807, 2.05) is 30.3 Å². The molecule has 0 aliphatic carbocycles. The monoisotopic (exact) mass is 480 g/mol. The van der Waals surface area contributed by atoms with Crippen LogP contribution in [-0.4, -0.2) is 30.4 Å². The number of rotatable bonds is 7. The number of halogens is 4. The molecule has 1 unspecified atom stereocenters. The van der Waals surface area contributed by atoms with Crippen LogP contribution in [0.25, 0.3) is 5.69 Å². The Morgan fingerprint density at radius 3 is 2.62 bits per heavy atom. The first-order valence-electron chi connectivity index (χ1n) is 9.46. The molecule has 4 rings (SSSR count). The lowest BCUT2D eigenvalue weighted by molar-refractivity contribution is -0.137. The molecule has 2 aromatic heterocycles. The summed E-state index contributed by atoms with van der Waals surface area (Å²) in [6.45, 7) is 2.06. The molecule has 0 fully saturated rings. The van der Waals surface area contributed by atoms with Crippen molar-refractivity contribution in [1.29, 1.82) is 0 Å². The van der Waals surface area contributed by atoms with Gasteiger partial charge < -0.3 is 4.42 Å². The summed E-state index contributed by atoms with van der Waals surface area (Å²) in [4.78, 5) is 0. The van der Waals surface area contributed by atoms with Crippen LogP contribution >= 0.6 is 23.4 Å². The van der Waals surface area contributed by atoms with Crippen LogP contribution in [-0.2, 0) is 18.3 Å². The molecule has 0 spiro atoms. The van der Waals surface area contributed by atoms with Crippen molar-refractivity contribution >= 4 is 23.4 Å². The molecule has 32 heavy (non-hydrogen) atoms. The summed E-state index contributed by atoms with van der Waals surface area (Å²) >= 11 is 6.89. The molecule has 4 aromatic rings. The fourth-order valence-electron chi connectivity index (χ4n) is 3.07. The van der Waals surface area contributed by atoms with Gasteiger partial charge in [-0.1, -0.05) is 60.6 Å². The fourth-order valence-corrected chi connectivity index (χ4v) is 3.93. The molecule has 0 aliphatic rings. The quantitative estimate of drug-likeness (QED) is 0.329. The van der Waals surface area contributed by atoms with Crippen molar-refractivity contribution in [3.05, 3.63) is 76.4 Å². The molecule has 7 nitrogen and oxygen atoms in total. The zero-order valence-electron chi connectivity index (χ0n) is 16.6. The molecule has 0 bridgehead atoms. The maximum absolute atomic E-state index is 13.5. The van der Waals surface area contributed by atoms with Gasteiger partial charge in [-0.3, -0.25) is 0 Å². The molecule has 0 saturated carbocycles. The third-order valence-corrected chi connectivity index (χ3v) is 5.70. The van der Waals surface area contributed by atoms with Gasteiger partial charge in [0.25, 0.3) is 5.22 Å². The van der Waals surface area contributed by atoms with E-state index in [9.17, 15) is 13.2 Å². The predicted octanol–water partition coefficient (Wildman–Crippen LogP) is 5.36. The minimum atomic E-state index is -4.62. The second kappa shape index (κ2) is 9.29. The van der Waals surface area contributed by atoms with Gasteiger partial charge in [0.1, 0.15) is 0 Å². The molecule has 0 amide bonds. The highest BCUT2D eigenvalue weighted by Crippen LogP contribution is 2.36. The molecule has 1 atom stereocenters. The maximum Gasteiger partial charge on any atom is 0.418 e. The van der Waals surface area contributed by atoms with E-state index in [1.165, 1.54) is 12.1 Å². The van der Waals surface area contributed by atoms with Crippen LogP contribution in [0.15, 0.2) is 58.2 Å². The number of nitrogens with zero attached hydrogens (tertiary/aromatic N) is 6. The first-order chi connectivity index (χ1) is 15.3. The van der Waals surface area contributed by atoms with Crippen molar-refractivity contribution in [2.45, 2.75) is 36.4 Å². The average molecular weight is 481 g/mol. The highest BCUT2D eigenvalue weighted by Gasteiger charge is 2.35. The van der Waals surface area contributed by atoms with Gasteiger partial charge in [-0.2, -0.15) is 17.9 Å². The number of tetrazole rings is 1. The first kappa shape index (κ1) is 22.3. The zero-order valence-corrected chi connectivity index (χ0v) is 18.2. The lowest BCUT2D eigenvalue weighted by atomic mass is 9.98. The van der Waals surface area contributed by atoms with Crippen molar-refractivity contribution < 1.29 is 17.6 Å². The number of thioether (sulfide) groups is 1. The van der Waals surface area contributed by atoms with E-state index >= 15 is 0 Å². The molecule has 2 aromatic carbocycles. The molecule has 12 heteroatoms. The Bertz CT molecular complexity index is 1200. The Balaban J connectivity index is 1.47. The number of aromatic nitrogens is 6. The van der Waals surface area contributed by atoms with E-state index in [0.29, 0.717) is 12.3 Å². The normalized spacial score (nSPS) is 12.8. The van der Waals surface area contributed by atoms with Gasteiger partial charge in [-0.15, -0.1) is 15.3 Å². The summed E-state index contributed by atoms with van der Waals surface area (Å²) in [5.74, 6) is 0.983. The van der Waals surface area contributed by atoms with E-state index in [2.05, 4.69) is 32.6 Å². The third-order valence-electron chi connectivity index (χ3n) is 4.65. The van der Waals surface area contributed by atoms with Gasteiger partial charge in [0.05, 0.1) is 17.0 Å². The Morgan fingerprint density at radius 2 is 1.88 bits per heavy atom. The first-order valence-corrected chi connectivity index (χ1v) is 10.8. The number of benzene rings is 2. The van der Waals surface area contributed by atoms with Crippen LogP contribution in [0.5, 0.6) is 0 Å². The van der Waals surface area contributed by atoms with E-state index in [-0.39, 0.29) is 33.4 Å². The molecule has 0 N–H and O–H groups in total. The van der Waals surface area contributed by atoms with Crippen molar-refractivity contribution in [3.63, 3.8) is 0 Å². The average Bonchev–Trinajstić information content (AvgIpc) is 3.41. The van der Waals surface area contributed by atoms with Crippen molar-refractivity contribution in [3.8, 4) is 5.69 Å². The summed E-state index contributed by atoms with van der Waals surface area (Å²) in [6.07, 6.45) is -4.05. The lowest BCUT2D eigenvalue weighted by Crippen LogP contribution is -2.13. The molecule has 0 radical (unpaired) electrons. The Hall–Kier alpha value is -2.92. The topological polar surface area (TPSA) is 82.5 Å². The van der Waals surface area contributed by atoms with Crippen molar-refractivity contribution in [1.82, 2.24) is 30.4 Å². The fraction of sp³-hybridized carbons (Fsp3) is 0.250. The smallest absolute Gasteiger partial charge is 0.416 e. The zero-order chi connectivity index (χ0) is 22.7. The minimum Gasteiger partial charge on any atom is -0.416 e. The number of hydrogen-bond acceptors (Lipinski definition) is 7. The van der Waals surface area contributed by atoms with Crippen molar-refractivity contribution in [2.24, 2.45) is 0 Å². The predicted molar refractivity (Wildman–Crippen MR) is 112 cm³/mol. The second-order valence-corrected chi connectivity index (χ2v) is 8.30. The van der Waals surface area contributed by atoms with E-state index < -0.39 is 11.7 Å². The molecule has 166 valence electrons. The van der Waals surface area contributed by atoms with Crippen LogP contribution in [0, 0.1) is 0 Å². The molecular formula is C20H16ClF3N6OS. The lowest BCUT2D eigenvalue weighted by Gasteiger charge is -2.13. The van der Waals surface area contributed by atoms with Crippen LogP contribution < -0.4 is 0 Å². The van der Waals surface area contributed by atoms with Crippen LogP contribution in [0.1, 0.15) is 35.7 Å².